The second-order valence-electron chi connectivity index (χ2n) is 5.19. The molecule has 3 heteroatoms. The maximum absolute atomic E-state index is 10.9. The van der Waals surface area contributed by atoms with Crippen molar-refractivity contribution in [1.82, 2.24) is 0 Å². The number of rotatable bonds is 4. The molecule has 0 bridgehead atoms. The number of aromatic carboxylic acids is 1. The molecule has 0 aliphatic heterocycles. The van der Waals surface area contributed by atoms with Crippen LogP contribution in [0.4, 0.5) is 0 Å². The van der Waals surface area contributed by atoms with Crippen molar-refractivity contribution in [2.75, 3.05) is 6.26 Å². The SMILES string of the molecule is CSc1ccc(-c2ccc(-c3ccc(C(=O)O)cc3)cc2)cc1. The zero-order chi connectivity index (χ0) is 16.2. The van der Waals surface area contributed by atoms with E-state index in [0.717, 1.165) is 11.1 Å². The third kappa shape index (κ3) is 3.46. The van der Waals surface area contributed by atoms with Crippen LogP contribution in [0.1, 0.15) is 10.4 Å². The Morgan fingerprint density at radius 2 is 1.04 bits per heavy atom. The van der Waals surface area contributed by atoms with Crippen LogP contribution in [0, 0.1) is 0 Å². The molecule has 3 rings (SSSR count). The Balaban J connectivity index is 1.84. The van der Waals surface area contributed by atoms with Gasteiger partial charge in [0.1, 0.15) is 0 Å². The van der Waals surface area contributed by atoms with Crippen molar-refractivity contribution in [3.8, 4) is 22.3 Å². The van der Waals surface area contributed by atoms with Gasteiger partial charge in [0, 0.05) is 4.90 Å². The van der Waals surface area contributed by atoms with Crippen LogP contribution in [0.25, 0.3) is 22.3 Å². The van der Waals surface area contributed by atoms with Crippen LogP contribution in [0.15, 0.2) is 77.7 Å². The molecule has 0 saturated heterocycles. The Labute approximate surface area is 139 Å². The van der Waals surface area contributed by atoms with E-state index in [4.69, 9.17) is 5.11 Å². The van der Waals surface area contributed by atoms with Crippen molar-refractivity contribution in [3.63, 3.8) is 0 Å². The van der Waals surface area contributed by atoms with Gasteiger partial charge in [0.15, 0.2) is 0 Å². The minimum Gasteiger partial charge on any atom is -0.478 e. The van der Waals surface area contributed by atoms with Gasteiger partial charge in [-0.25, -0.2) is 4.79 Å². The van der Waals surface area contributed by atoms with Crippen LogP contribution in [0.5, 0.6) is 0 Å². The van der Waals surface area contributed by atoms with Crippen molar-refractivity contribution in [2.24, 2.45) is 0 Å². The summed E-state index contributed by atoms with van der Waals surface area (Å²) in [6.07, 6.45) is 2.07. The molecule has 0 aliphatic carbocycles. The molecule has 3 aromatic carbocycles. The van der Waals surface area contributed by atoms with E-state index in [2.05, 4.69) is 54.8 Å². The highest BCUT2D eigenvalue weighted by molar-refractivity contribution is 7.98. The Kier molecular flexibility index (Phi) is 4.49. The first kappa shape index (κ1) is 15.4. The molecular weight excluding hydrogens is 304 g/mol. The number of carboxylic acids is 1. The zero-order valence-corrected chi connectivity index (χ0v) is 13.5. The molecule has 0 spiro atoms. The third-order valence-corrected chi connectivity index (χ3v) is 4.52. The van der Waals surface area contributed by atoms with Crippen LogP contribution in [-0.2, 0) is 0 Å². The van der Waals surface area contributed by atoms with Crippen molar-refractivity contribution < 1.29 is 9.90 Å². The average Bonchev–Trinajstić information content (AvgIpc) is 2.62. The summed E-state index contributed by atoms with van der Waals surface area (Å²) in [6.45, 7) is 0. The Morgan fingerprint density at radius 1 is 0.696 bits per heavy atom. The van der Waals surface area contributed by atoms with Gasteiger partial charge in [0.2, 0.25) is 0 Å². The molecule has 3 aromatic rings. The number of benzene rings is 3. The lowest BCUT2D eigenvalue weighted by atomic mass is 10.00. The molecule has 114 valence electrons. The van der Waals surface area contributed by atoms with E-state index in [9.17, 15) is 4.79 Å². The van der Waals surface area contributed by atoms with Gasteiger partial charge in [-0.3, -0.25) is 0 Å². The lowest BCUT2D eigenvalue weighted by molar-refractivity contribution is 0.0697. The van der Waals surface area contributed by atoms with Crippen molar-refractivity contribution in [2.45, 2.75) is 4.90 Å². The highest BCUT2D eigenvalue weighted by Gasteiger charge is 2.04. The second kappa shape index (κ2) is 6.71. The maximum atomic E-state index is 10.9. The number of thioether (sulfide) groups is 1. The summed E-state index contributed by atoms with van der Waals surface area (Å²) in [5, 5.41) is 8.94. The summed E-state index contributed by atoms with van der Waals surface area (Å²) in [7, 11) is 0. The second-order valence-corrected chi connectivity index (χ2v) is 6.07. The van der Waals surface area contributed by atoms with E-state index in [1.54, 1.807) is 23.9 Å². The number of carbonyl (C=O) groups is 1. The van der Waals surface area contributed by atoms with Crippen LogP contribution in [0.3, 0.4) is 0 Å². The fraction of sp³-hybridized carbons (Fsp3) is 0.0500. The lowest BCUT2D eigenvalue weighted by Gasteiger charge is -2.06. The highest BCUT2D eigenvalue weighted by Crippen LogP contribution is 2.26. The highest BCUT2D eigenvalue weighted by atomic mass is 32.2. The molecule has 0 fully saturated rings. The van der Waals surface area contributed by atoms with E-state index >= 15 is 0 Å². The summed E-state index contributed by atoms with van der Waals surface area (Å²) in [5.74, 6) is -0.902. The van der Waals surface area contributed by atoms with E-state index in [1.165, 1.54) is 16.0 Å². The van der Waals surface area contributed by atoms with Gasteiger partial charge in [-0.05, 0) is 52.8 Å². The molecule has 2 nitrogen and oxygen atoms in total. The molecule has 0 aromatic heterocycles. The summed E-state index contributed by atoms with van der Waals surface area (Å²) in [4.78, 5) is 12.1. The lowest BCUT2D eigenvalue weighted by Crippen LogP contribution is -1.94. The third-order valence-electron chi connectivity index (χ3n) is 3.77. The normalized spacial score (nSPS) is 10.5. The summed E-state index contributed by atoms with van der Waals surface area (Å²) in [6, 6.07) is 23.8. The van der Waals surface area contributed by atoms with Crippen LogP contribution >= 0.6 is 11.8 Å². The first-order valence-electron chi connectivity index (χ1n) is 7.25. The fourth-order valence-corrected chi connectivity index (χ4v) is 2.85. The Bertz CT molecular complexity index is 804. The first-order valence-corrected chi connectivity index (χ1v) is 8.48. The molecular formula is C20H16O2S. The first-order chi connectivity index (χ1) is 11.2. The predicted octanol–water partition coefficient (Wildman–Crippen LogP) is 5.44. The molecule has 0 heterocycles. The topological polar surface area (TPSA) is 37.3 Å². The van der Waals surface area contributed by atoms with Crippen molar-refractivity contribution >= 4 is 17.7 Å². The number of hydrogen-bond donors (Lipinski definition) is 1. The van der Waals surface area contributed by atoms with Crippen LogP contribution in [-0.4, -0.2) is 17.3 Å². The van der Waals surface area contributed by atoms with Gasteiger partial charge in [0.05, 0.1) is 5.56 Å². The number of carboxylic acid groups (broad SMARTS) is 1. The van der Waals surface area contributed by atoms with Gasteiger partial charge in [-0.1, -0.05) is 48.5 Å². The standard InChI is InChI=1S/C20H16O2S/c1-23-19-12-10-17(11-13-19)15-4-2-14(3-5-15)16-6-8-18(9-7-16)20(21)22/h2-13H,1H3,(H,21,22). The Hall–Kier alpha value is -2.52. The van der Waals surface area contributed by atoms with Crippen molar-refractivity contribution in [3.05, 3.63) is 78.4 Å². The van der Waals surface area contributed by atoms with Gasteiger partial charge in [-0.15, -0.1) is 11.8 Å². The largest absolute Gasteiger partial charge is 0.478 e. The summed E-state index contributed by atoms with van der Waals surface area (Å²) < 4.78 is 0. The number of hydrogen-bond acceptors (Lipinski definition) is 2. The molecule has 0 aliphatic rings. The summed E-state index contributed by atoms with van der Waals surface area (Å²) in [5.41, 5.74) is 4.75. The molecule has 0 atom stereocenters. The van der Waals surface area contributed by atoms with Crippen LogP contribution in [0.2, 0.25) is 0 Å². The minimum absolute atomic E-state index is 0.305. The molecule has 0 radical (unpaired) electrons. The van der Waals surface area contributed by atoms with E-state index in [0.29, 0.717) is 5.56 Å². The minimum atomic E-state index is -0.902. The molecule has 0 saturated carbocycles. The maximum Gasteiger partial charge on any atom is 0.335 e. The van der Waals surface area contributed by atoms with Gasteiger partial charge < -0.3 is 5.11 Å². The Morgan fingerprint density at radius 3 is 1.39 bits per heavy atom. The average molecular weight is 320 g/mol. The van der Waals surface area contributed by atoms with Crippen molar-refractivity contribution in [1.29, 1.82) is 0 Å². The smallest absolute Gasteiger partial charge is 0.335 e. The summed E-state index contributed by atoms with van der Waals surface area (Å²) >= 11 is 1.73. The van der Waals surface area contributed by atoms with E-state index in [1.807, 2.05) is 12.1 Å². The molecule has 1 N–H and O–H groups in total. The van der Waals surface area contributed by atoms with E-state index < -0.39 is 5.97 Å². The zero-order valence-electron chi connectivity index (χ0n) is 12.7. The van der Waals surface area contributed by atoms with Gasteiger partial charge in [0.25, 0.3) is 0 Å². The molecule has 23 heavy (non-hydrogen) atoms. The molecule has 0 unspecified atom stereocenters. The quantitative estimate of drug-likeness (QED) is 0.650. The van der Waals surface area contributed by atoms with E-state index in [-0.39, 0.29) is 0 Å². The van der Waals surface area contributed by atoms with Gasteiger partial charge >= 0.3 is 5.97 Å². The van der Waals surface area contributed by atoms with Crippen LogP contribution < -0.4 is 0 Å². The molecule has 0 amide bonds. The monoisotopic (exact) mass is 320 g/mol. The fourth-order valence-electron chi connectivity index (χ4n) is 2.44. The van der Waals surface area contributed by atoms with Gasteiger partial charge in [-0.2, -0.15) is 0 Å². The predicted molar refractivity (Wildman–Crippen MR) is 96.1 cm³/mol.